The molecule has 5 nitrogen and oxygen atoms in total. The molecule has 1 aliphatic rings. The lowest BCUT2D eigenvalue weighted by molar-refractivity contribution is -0.139. The van der Waals surface area contributed by atoms with Crippen LogP contribution in [-0.4, -0.2) is 29.8 Å². The van der Waals surface area contributed by atoms with E-state index < -0.39 is 18.1 Å². The van der Waals surface area contributed by atoms with Gasteiger partial charge in [-0.3, -0.25) is 0 Å². The van der Waals surface area contributed by atoms with Crippen molar-refractivity contribution in [3.05, 3.63) is 92.6 Å². The summed E-state index contributed by atoms with van der Waals surface area (Å²) in [7, 11) is 0. The van der Waals surface area contributed by atoms with Crippen molar-refractivity contribution in [3.8, 4) is 11.1 Å². The van der Waals surface area contributed by atoms with E-state index in [9.17, 15) is 14.7 Å². The summed E-state index contributed by atoms with van der Waals surface area (Å²) in [5, 5.41) is 12.1. The molecule has 31 heavy (non-hydrogen) atoms. The number of halogens is 1. The minimum Gasteiger partial charge on any atom is -0.480 e. The van der Waals surface area contributed by atoms with Gasteiger partial charge in [0.2, 0.25) is 0 Å². The van der Waals surface area contributed by atoms with Gasteiger partial charge >= 0.3 is 12.1 Å². The quantitative estimate of drug-likeness (QED) is 0.436. The molecule has 0 saturated heterocycles. The monoisotopic (exact) mass is 527 g/mol. The maximum atomic E-state index is 12.5. The number of carboxylic acid groups (broad SMARTS) is 1. The fraction of sp³-hybridized carbons (Fsp3) is 0.200. The van der Waals surface area contributed by atoms with Crippen molar-refractivity contribution in [2.75, 3.05) is 6.61 Å². The van der Waals surface area contributed by atoms with Crippen molar-refractivity contribution < 1.29 is 19.4 Å². The number of nitrogens with one attached hydrogen (secondary N) is 1. The Morgan fingerprint density at radius 2 is 1.65 bits per heavy atom. The molecule has 158 valence electrons. The maximum absolute atomic E-state index is 12.5. The number of benzene rings is 3. The number of carboxylic acids is 1. The number of fused-ring (bicyclic) bond motifs is 3. The summed E-state index contributed by atoms with van der Waals surface area (Å²) in [4.78, 5) is 24.2. The smallest absolute Gasteiger partial charge is 0.407 e. The number of carbonyl (C=O) groups excluding carboxylic acids is 1. The van der Waals surface area contributed by atoms with E-state index in [1.165, 1.54) is 0 Å². The van der Waals surface area contributed by atoms with Crippen LogP contribution in [0, 0.1) is 10.5 Å². The second kappa shape index (κ2) is 9.09. The van der Waals surface area contributed by atoms with Crippen LogP contribution < -0.4 is 5.32 Å². The number of hydrogen-bond acceptors (Lipinski definition) is 3. The normalized spacial score (nSPS) is 13.2. The number of ether oxygens (including phenoxy) is 1. The van der Waals surface area contributed by atoms with Crippen LogP contribution in [0.5, 0.6) is 0 Å². The number of aryl methyl sites for hydroxylation is 1. The Labute approximate surface area is 194 Å². The van der Waals surface area contributed by atoms with Gasteiger partial charge in [-0.1, -0.05) is 54.6 Å². The predicted molar refractivity (Wildman–Crippen MR) is 127 cm³/mol. The number of alkyl carbamates (subject to hydrolysis) is 1. The summed E-state index contributed by atoms with van der Waals surface area (Å²) in [5.74, 6) is -1.16. The van der Waals surface area contributed by atoms with Crippen LogP contribution in [0.1, 0.15) is 28.2 Å². The molecule has 2 N–H and O–H groups in total. The Morgan fingerprint density at radius 3 is 2.26 bits per heavy atom. The summed E-state index contributed by atoms with van der Waals surface area (Å²) in [5.41, 5.74) is 6.38. The van der Waals surface area contributed by atoms with Gasteiger partial charge in [0.1, 0.15) is 12.6 Å². The first kappa shape index (κ1) is 21.4. The molecular formula is C25H22INO4. The first-order valence-corrected chi connectivity index (χ1v) is 11.1. The van der Waals surface area contributed by atoms with Crippen LogP contribution in [-0.2, 0) is 16.0 Å². The van der Waals surface area contributed by atoms with Gasteiger partial charge in [-0.2, -0.15) is 0 Å². The number of rotatable bonds is 6. The summed E-state index contributed by atoms with van der Waals surface area (Å²) >= 11 is 2.19. The molecule has 0 fully saturated rings. The first-order chi connectivity index (χ1) is 14.9. The predicted octanol–water partition coefficient (Wildman–Crippen LogP) is 5.13. The van der Waals surface area contributed by atoms with E-state index in [-0.39, 0.29) is 18.9 Å². The van der Waals surface area contributed by atoms with Crippen LogP contribution in [0.25, 0.3) is 11.1 Å². The van der Waals surface area contributed by atoms with Gasteiger partial charge in [0.15, 0.2) is 0 Å². The average Bonchev–Trinajstić information content (AvgIpc) is 3.08. The van der Waals surface area contributed by atoms with Crippen molar-refractivity contribution in [2.45, 2.75) is 25.3 Å². The van der Waals surface area contributed by atoms with Crippen LogP contribution in [0.2, 0.25) is 0 Å². The zero-order valence-corrected chi connectivity index (χ0v) is 19.1. The summed E-state index contributed by atoms with van der Waals surface area (Å²) in [6.45, 7) is 2.08. The molecule has 1 amide bonds. The highest BCUT2D eigenvalue weighted by molar-refractivity contribution is 14.1. The highest BCUT2D eigenvalue weighted by Gasteiger charge is 2.29. The van der Waals surface area contributed by atoms with Gasteiger partial charge in [0.25, 0.3) is 0 Å². The number of carbonyl (C=O) groups is 2. The molecule has 0 bridgehead atoms. The minimum atomic E-state index is -1.09. The zero-order valence-electron chi connectivity index (χ0n) is 17.0. The molecule has 3 aromatic rings. The van der Waals surface area contributed by atoms with E-state index in [0.29, 0.717) is 0 Å². The van der Waals surface area contributed by atoms with Crippen molar-refractivity contribution in [1.82, 2.24) is 5.32 Å². The van der Waals surface area contributed by atoms with E-state index in [1.54, 1.807) is 0 Å². The third-order valence-corrected chi connectivity index (χ3v) is 6.34. The van der Waals surface area contributed by atoms with Gasteiger partial charge in [-0.15, -0.1) is 0 Å². The molecule has 0 aromatic heterocycles. The van der Waals surface area contributed by atoms with Crippen LogP contribution in [0.3, 0.4) is 0 Å². The summed E-state index contributed by atoms with van der Waals surface area (Å²) in [6, 6.07) is 20.9. The molecule has 1 atom stereocenters. The molecule has 0 radical (unpaired) electrons. The SMILES string of the molecule is Cc1ccc(I)cc1C[C@H](NC(=O)OCC1c2ccccc2-c2ccccc21)C(=O)O. The highest BCUT2D eigenvalue weighted by atomic mass is 127. The summed E-state index contributed by atoms with van der Waals surface area (Å²) < 4.78 is 6.51. The lowest BCUT2D eigenvalue weighted by atomic mass is 9.98. The second-order valence-electron chi connectivity index (χ2n) is 7.64. The summed E-state index contributed by atoms with van der Waals surface area (Å²) in [6.07, 6.45) is -0.528. The molecular weight excluding hydrogens is 505 g/mol. The average molecular weight is 527 g/mol. The Balaban J connectivity index is 1.45. The molecule has 0 unspecified atom stereocenters. The topological polar surface area (TPSA) is 75.6 Å². The number of aliphatic carboxylic acids is 1. The van der Waals surface area contributed by atoms with Crippen molar-refractivity contribution in [2.24, 2.45) is 0 Å². The van der Waals surface area contributed by atoms with Crippen molar-refractivity contribution in [1.29, 1.82) is 0 Å². The Morgan fingerprint density at radius 1 is 1.03 bits per heavy atom. The van der Waals surface area contributed by atoms with Gasteiger partial charge in [-0.05, 0) is 75.0 Å². The molecule has 0 aliphatic heterocycles. The van der Waals surface area contributed by atoms with Crippen LogP contribution >= 0.6 is 22.6 Å². The van der Waals surface area contributed by atoms with E-state index >= 15 is 0 Å². The van der Waals surface area contributed by atoms with Crippen molar-refractivity contribution in [3.63, 3.8) is 0 Å². The molecule has 0 spiro atoms. The third kappa shape index (κ3) is 4.58. The number of hydrogen-bond donors (Lipinski definition) is 2. The molecule has 0 saturated carbocycles. The molecule has 4 rings (SSSR count). The van der Waals surface area contributed by atoms with Crippen molar-refractivity contribution >= 4 is 34.7 Å². The largest absolute Gasteiger partial charge is 0.480 e. The Bertz CT molecular complexity index is 1100. The lowest BCUT2D eigenvalue weighted by Crippen LogP contribution is -2.43. The fourth-order valence-electron chi connectivity index (χ4n) is 4.06. The van der Waals surface area contributed by atoms with E-state index in [4.69, 9.17) is 4.74 Å². The van der Waals surface area contributed by atoms with E-state index in [2.05, 4.69) is 40.0 Å². The number of amides is 1. The lowest BCUT2D eigenvalue weighted by Gasteiger charge is -2.18. The van der Waals surface area contributed by atoms with Crippen LogP contribution in [0.4, 0.5) is 4.79 Å². The molecule has 6 heteroatoms. The van der Waals surface area contributed by atoms with Gasteiger partial charge in [0, 0.05) is 15.9 Å². The standard InChI is InChI=1S/C25H22INO4/c1-15-10-11-17(26)12-16(15)13-23(24(28)29)27-25(30)31-14-22-20-8-4-2-6-18(20)19-7-3-5-9-21(19)22/h2-12,22-23H,13-14H2,1H3,(H,27,30)(H,28,29)/t23-/m0/s1. The molecule has 0 heterocycles. The fourth-order valence-corrected chi connectivity index (χ4v) is 4.62. The zero-order chi connectivity index (χ0) is 22.0. The third-order valence-electron chi connectivity index (χ3n) is 5.67. The van der Waals surface area contributed by atoms with E-state index in [0.717, 1.165) is 37.0 Å². The Hall–Kier alpha value is -2.87. The van der Waals surface area contributed by atoms with Crippen LogP contribution in [0.15, 0.2) is 66.7 Å². The van der Waals surface area contributed by atoms with E-state index in [1.807, 2.05) is 61.5 Å². The second-order valence-corrected chi connectivity index (χ2v) is 8.88. The molecule has 1 aliphatic carbocycles. The highest BCUT2D eigenvalue weighted by Crippen LogP contribution is 2.44. The van der Waals surface area contributed by atoms with Gasteiger partial charge in [0.05, 0.1) is 0 Å². The van der Waals surface area contributed by atoms with Gasteiger partial charge < -0.3 is 15.2 Å². The first-order valence-electron chi connectivity index (χ1n) is 10.0. The molecule has 3 aromatic carbocycles. The van der Waals surface area contributed by atoms with Gasteiger partial charge in [-0.25, -0.2) is 9.59 Å². The maximum Gasteiger partial charge on any atom is 0.407 e. The minimum absolute atomic E-state index is 0.0700. The Kier molecular flexibility index (Phi) is 6.27.